The van der Waals surface area contributed by atoms with Crippen LogP contribution >= 0.6 is 0 Å². The maximum absolute atomic E-state index is 13.1. The highest BCUT2D eigenvalue weighted by Gasteiger charge is 2.21. The SMILES string of the molecule is CC(C)(C)OC(=O)Nc1cc(OCC#N)c(C#Cc2ccccc2)cc1NC(=O)CC(=O)c1cccc(-n2ccnc2)c1. The number of rotatable bonds is 8. The van der Waals surface area contributed by atoms with Crippen LogP contribution in [0.25, 0.3) is 5.69 Å². The highest BCUT2D eigenvalue weighted by atomic mass is 16.6. The van der Waals surface area contributed by atoms with Gasteiger partial charge in [-0.2, -0.15) is 5.26 Å². The Bertz CT molecular complexity index is 1720. The van der Waals surface area contributed by atoms with Crippen LogP contribution in [0.5, 0.6) is 5.75 Å². The van der Waals surface area contributed by atoms with E-state index < -0.39 is 29.8 Å². The summed E-state index contributed by atoms with van der Waals surface area (Å²) >= 11 is 0. The lowest BCUT2D eigenvalue weighted by Crippen LogP contribution is -2.27. The normalized spacial score (nSPS) is 10.5. The summed E-state index contributed by atoms with van der Waals surface area (Å²) in [6, 6.07) is 20.9. The zero-order valence-corrected chi connectivity index (χ0v) is 23.9. The fraction of sp³-hybridized carbons (Fsp3) is 0.182. The summed E-state index contributed by atoms with van der Waals surface area (Å²) in [5.41, 5.74) is 1.67. The molecule has 0 aliphatic heterocycles. The lowest BCUT2D eigenvalue weighted by molar-refractivity contribution is -0.115. The molecule has 0 saturated heterocycles. The molecule has 10 nitrogen and oxygen atoms in total. The standard InChI is InChI=1S/C33H29N5O5/c1-33(2,3)43-32(41)37-28-20-30(42-17-14-34)25(13-12-23-8-5-4-6-9-23)19-27(28)36-31(40)21-29(39)24-10-7-11-26(18-24)38-16-15-35-22-38/h4-11,15-16,18-20,22H,17,21H2,1-3H3,(H,36,40)(H,37,41). The molecule has 43 heavy (non-hydrogen) atoms. The third-order valence-corrected chi connectivity index (χ3v) is 5.73. The molecule has 0 bridgehead atoms. The second-order valence-electron chi connectivity index (χ2n) is 10.3. The smallest absolute Gasteiger partial charge is 0.412 e. The molecule has 216 valence electrons. The number of imidazole rings is 1. The van der Waals surface area contributed by atoms with E-state index in [2.05, 4.69) is 27.5 Å². The van der Waals surface area contributed by atoms with Gasteiger partial charge in [-0.3, -0.25) is 14.9 Å². The summed E-state index contributed by atoms with van der Waals surface area (Å²) in [6.07, 6.45) is 3.75. The van der Waals surface area contributed by atoms with E-state index >= 15 is 0 Å². The number of carbonyl (C=O) groups is 3. The molecule has 3 aromatic carbocycles. The largest absolute Gasteiger partial charge is 0.477 e. The Kier molecular flexibility index (Phi) is 9.56. The number of nitriles is 1. The number of hydrogen-bond acceptors (Lipinski definition) is 7. The molecule has 1 heterocycles. The van der Waals surface area contributed by atoms with Gasteiger partial charge in [0.2, 0.25) is 5.91 Å². The van der Waals surface area contributed by atoms with Crippen molar-refractivity contribution in [3.8, 4) is 29.3 Å². The quantitative estimate of drug-likeness (QED) is 0.156. The van der Waals surface area contributed by atoms with Gasteiger partial charge in [-0.05, 0) is 51.1 Å². The molecule has 4 aromatic rings. The van der Waals surface area contributed by atoms with E-state index in [0.29, 0.717) is 11.1 Å². The third-order valence-electron chi connectivity index (χ3n) is 5.73. The van der Waals surface area contributed by atoms with Crippen LogP contribution < -0.4 is 15.4 Å². The first-order valence-electron chi connectivity index (χ1n) is 13.3. The molecule has 2 N–H and O–H groups in total. The first-order chi connectivity index (χ1) is 20.6. The van der Waals surface area contributed by atoms with Crippen molar-refractivity contribution >= 4 is 29.2 Å². The number of anilines is 2. The summed E-state index contributed by atoms with van der Waals surface area (Å²) < 4.78 is 12.7. The van der Waals surface area contributed by atoms with Gasteiger partial charge in [0.15, 0.2) is 12.4 Å². The molecular formula is C33H29N5O5. The molecular weight excluding hydrogens is 546 g/mol. The molecule has 0 fully saturated rings. The first kappa shape index (κ1) is 30.1. The van der Waals surface area contributed by atoms with Crippen molar-refractivity contribution in [3.05, 3.63) is 102 Å². The van der Waals surface area contributed by atoms with Crippen LogP contribution in [0.2, 0.25) is 0 Å². The molecule has 0 unspecified atom stereocenters. The van der Waals surface area contributed by atoms with Crippen molar-refractivity contribution in [1.82, 2.24) is 9.55 Å². The molecule has 10 heteroatoms. The van der Waals surface area contributed by atoms with Crippen LogP contribution in [-0.2, 0) is 9.53 Å². The van der Waals surface area contributed by atoms with Crippen LogP contribution in [0, 0.1) is 23.2 Å². The Labute approximate surface area is 249 Å². The van der Waals surface area contributed by atoms with Crippen LogP contribution in [0.3, 0.4) is 0 Å². The number of nitrogens with one attached hydrogen (secondary N) is 2. The van der Waals surface area contributed by atoms with Gasteiger partial charge in [-0.25, -0.2) is 9.78 Å². The minimum atomic E-state index is -0.785. The predicted molar refractivity (Wildman–Crippen MR) is 161 cm³/mol. The molecule has 1 aromatic heterocycles. The minimum Gasteiger partial charge on any atom is -0.477 e. The van der Waals surface area contributed by atoms with Gasteiger partial charge < -0.3 is 19.4 Å². The average molecular weight is 576 g/mol. The lowest BCUT2D eigenvalue weighted by Gasteiger charge is -2.21. The molecule has 0 saturated carbocycles. The topological polar surface area (TPSA) is 135 Å². The Balaban J connectivity index is 1.64. The van der Waals surface area contributed by atoms with Crippen LogP contribution in [0.4, 0.5) is 16.2 Å². The van der Waals surface area contributed by atoms with E-state index in [0.717, 1.165) is 11.3 Å². The Morgan fingerprint density at radius 3 is 2.42 bits per heavy atom. The number of benzene rings is 3. The first-order valence-corrected chi connectivity index (χ1v) is 13.3. The summed E-state index contributed by atoms with van der Waals surface area (Å²) in [5, 5.41) is 14.4. The van der Waals surface area contributed by atoms with Gasteiger partial charge in [0.1, 0.15) is 17.4 Å². The van der Waals surface area contributed by atoms with Crippen LogP contribution in [-0.4, -0.2) is 39.5 Å². The maximum atomic E-state index is 13.1. The molecule has 0 aliphatic rings. The minimum absolute atomic E-state index is 0.135. The number of amides is 2. The molecule has 4 rings (SSSR count). The van der Waals surface area contributed by atoms with Gasteiger partial charge in [-0.1, -0.05) is 42.2 Å². The second-order valence-corrected chi connectivity index (χ2v) is 10.3. The van der Waals surface area contributed by atoms with Crippen molar-refractivity contribution in [2.45, 2.75) is 32.8 Å². The van der Waals surface area contributed by atoms with Gasteiger partial charge in [0.05, 0.1) is 29.7 Å². The number of nitrogens with zero attached hydrogens (tertiary/aromatic N) is 3. The van der Waals surface area contributed by atoms with Crippen molar-refractivity contribution in [2.24, 2.45) is 0 Å². The Morgan fingerprint density at radius 1 is 0.953 bits per heavy atom. The van der Waals surface area contributed by atoms with E-state index in [4.69, 9.17) is 14.7 Å². The van der Waals surface area contributed by atoms with E-state index in [1.807, 2.05) is 42.5 Å². The van der Waals surface area contributed by atoms with E-state index in [-0.39, 0.29) is 23.7 Å². The summed E-state index contributed by atoms with van der Waals surface area (Å²) in [6.45, 7) is 4.87. The molecule has 0 radical (unpaired) electrons. The fourth-order valence-corrected chi connectivity index (χ4v) is 3.88. The molecule has 0 aliphatic carbocycles. The summed E-state index contributed by atoms with van der Waals surface area (Å²) in [7, 11) is 0. The van der Waals surface area contributed by atoms with Crippen molar-refractivity contribution in [2.75, 3.05) is 17.2 Å². The van der Waals surface area contributed by atoms with Gasteiger partial charge in [0, 0.05) is 35.3 Å². The zero-order valence-electron chi connectivity index (χ0n) is 23.9. The van der Waals surface area contributed by atoms with Crippen LogP contribution in [0.1, 0.15) is 48.7 Å². The number of ketones is 1. The van der Waals surface area contributed by atoms with Crippen molar-refractivity contribution in [1.29, 1.82) is 5.26 Å². The van der Waals surface area contributed by atoms with Gasteiger partial charge in [-0.15, -0.1) is 0 Å². The lowest BCUT2D eigenvalue weighted by atomic mass is 10.1. The summed E-state index contributed by atoms with van der Waals surface area (Å²) in [4.78, 5) is 42.8. The number of Topliss-reactive ketones (excluding diaryl/α,β-unsaturated/α-hetero) is 1. The van der Waals surface area contributed by atoms with E-state index in [1.54, 1.807) is 62.3 Å². The average Bonchev–Trinajstić information content (AvgIpc) is 3.51. The third kappa shape index (κ3) is 8.81. The maximum Gasteiger partial charge on any atom is 0.412 e. The number of ether oxygens (including phenoxy) is 2. The fourth-order valence-electron chi connectivity index (χ4n) is 3.88. The molecule has 0 spiro atoms. The predicted octanol–water partition coefficient (Wildman–Crippen LogP) is 5.73. The second kappa shape index (κ2) is 13.7. The molecule has 0 atom stereocenters. The van der Waals surface area contributed by atoms with E-state index in [9.17, 15) is 14.4 Å². The van der Waals surface area contributed by atoms with E-state index in [1.165, 1.54) is 12.1 Å². The van der Waals surface area contributed by atoms with Gasteiger partial charge in [0.25, 0.3) is 0 Å². The summed E-state index contributed by atoms with van der Waals surface area (Å²) in [5.74, 6) is 5.22. The monoisotopic (exact) mass is 575 g/mol. The number of aromatic nitrogens is 2. The Hall–Kier alpha value is -5.87. The number of hydrogen-bond donors (Lipinski definition) is 2. The highest BCUT2D eigenvalue weighted by Crippen LogP contribution is 2.32. The zero-order chi connectivity index (χ0) is 30.8. The number of carbonyl (C=O) groups excluding carboxylic acids is 3. The molecule has 2 amide bonds. The Morgan fingerprint density at radius 2 is 1.72 bits per heavy atom. The van der Waals surface area contributed by atoms with Gasteiger partial charge >= 0.3 is 6.09 Å². The highest BCUT2D eigenvalue weighted by molar-refractivity contribution is 6.12. The van der Waals surface area contributed by atoms with Crippen molar-refractivity contribution < 1.29 is 23.9 Å². The van der Waals surface area contributed by atoms with Crippen molar-refractivity contribution in [3.63, 3.8) is 0 Å². The van der Waals surface area contributed by atoms with Crippen LogP contribution in [0.15, 0.2) is 85.5 Å².